The van der Waals surface area contributed by atoms with Crippen LogP contribution in [0.5, 0.6) is 0 Å². The van der Waals surface area contributed by atoms with Crippen LogP contribution in [0.3, 0.4) is 0 Å². The van der Waals surface area contributed by atoms with E-state index in [-0.39, 0.29) is 12.4 Å². The Morgan fingerprint density at radius 2 is 2.47 bits per heavy atom. The Hall–Kier alpha value is -1.66. The lowest BCUT2D eigenvalue weighted by Gasteiger charge is -2.12. The highest BCUT2D eigenvalue weighted by atomic mass is 32.1. The van der Waals surface area contributed by atoms with Crippen molar-refractivity contribution in [2.75, 3.05) is 6.61 Å². The molecule has 0 radical (unpaired) electrons. The van der Waals surface area contributed by atoms with Crippen LogP contribution >= 0.6 is 11.3 Å². The van der Waals surface area contributed by atoms with Gasteiger partial charge >= 0.3 is 5.97 Å². The van der Waals surface area contributed by atoms with Crippen molar-refractivity contribution in [2.24, 2.45) is 0 Å². The number of aliphatic hydroxyl groups excluding tert-OH is 1. The monoisotopic (exact) mass is 280 g/mol. The normalized spacial score (nSPS) is 12.3. The van der Waals surface area contributed by atoms with E-state index in [4.69, 9.17) is 4.74 Å². The van der Waals surface area contributed by atoms with Crippen LogP contribution in [0.25, 0.3) is 10.7 Å². The molecule has 0 aliphatic heterocycles. The summed E-state index contributed by atoms with van der Waals surface area (Å²) in [7, 11) is 0. The number of hydrogen-bond donors (Lipinski definition) is 1. The van der Waals surface area contributed by atoms with Crippen molar-refractivity contribution < 1.29 is 14.6 Å². The SMILES string of the molecule is CCOC(=O)CC(O)Cn1ccnc1-c1cccs1. The van der Waals surface area contributed by atoms with Crippen LogP contribution in [0.15, 0.2) is 29.9 Å². The van der Waals surface area contributed by atoms with E-state index < -0.39 is 6.10 Å². The lowest BCUT2D eigenvalue weighted by molar-refractivity contribution is -0.145. The summed E-state index contributed by atoms with van der Waals surface area (Å²) in [6.07, 6.45) is 2.71. The van der Waals surface area contributed by atoms with E-state index in [2.05, 4.69) is 4.98 Å². The summed E-state index contributed by atoms with van der Waals surface area (Å²) in [5.74, 6) is 0.422. The van der Waals surface area contributed by atoms with Crippen LogP contribution in [0.1, 0.15) is 13.3 Å². The first-order valence-corrected chi connectivity index (χ1v) is 6.97. The predicted octanol–water partition coefficient (Wildman–Crippen LogP) is 1.93. The van der Waals surface area contributed by atoms with Gasteiger partial charge in [0.1, 0.15) is 5.82 Å². The highest BCUT2D eigenvalue weighted by Gasteiger charge is 2.15. The van der Waals surface area contributed by atoms with Gasteiger partial charge in [-0.1, -0.05) is 6.07 Å². The third-order valence-electron chi connectivity index (χ3n) is 2.57. The first-order valence-electron chi connectivity index (χ1n) is 6.09. The van der Waals surface area contributed by atoms with E-state index in [1.54, 1.807) is 30.7 Å². The fourth-order valence-electron chi connectivity index (χ4n) is 1.79. The zero-order valence-corrected chi connectivity index (χ0v) is 11.5. The zero-order valence-electron chi connectivity index (χ0n) is 10.7. The molecule has 5 nitrogen and oxygen atoms in total. The molecule has 1 atom stereocenters. The van der Waals surface area contributed by atoms with Gasteiger partial charge in [-0.3, -0.25) is 4.79 Å². The molecule has 0 aliphatic rings. The molecule has 1 N–H and O–H groups in total. The molecule has 0 aromatic carbocycles. The maximum absolute atomic E-state index is 11.3. The van der Waals surface area contributed by atoms with Gasteiger partial charge in [0.25, 0.3) is 0 Å². The molecule has 0 amide bonds. The first-order chi connectivity index (χ1) is 9.20. The fourth-order valence-corrected chi connectivity index (χ4v) is 2.53. The van der Waals surface area contributed by atoms with Crippen molar-refractivity contribution in [1.29, 1.82) is 0 Å². The smallest absolute Gasteiger partial charge is 0.308 e. The van der Waals surface area contributed by atoms with Crippen LogP contribution in [0.2, 0.25) is 0 Å². The number of aliphatic hydroxyl groups is 1. The molecule has 1 unspecified atom stereocenters. The van der Waals surface area contributed by atoms with E-state index in [0.29, 0.717) is 13.2 Å². The Balaban J connectivity index is 2.00. The minimum Gasteiger partial charge on any atom is -0.466 e. The molecule has 102 valence electrons. The Labute approximate surface area is 115 Å². The summed E-state index contributed by atoms with van der Waals surface area (Å²) in [6, 6.07) is 3.93. The lowest BCUT2D eigenvalue weighted by atomic mass is 10.2. The maximum atomic E-state index is 11.3. The molecule has 6 heteroatoms. The van der Waals surface area contributed by atoms with E-state index in [1.807, 2.05) is 22.1 Å². The molecule has 2 heterocycles. The summed E-state index contributed by atoms with van der Waals surface area (Å²) >= 11 is 1.59. The van der Waals surface area contributed by atoms with E-state index in [9.17, 15) is 9.90 Å². The molecular weight excluding hydrogens is 264 g/mol. The number of ether oxygens (including phenoxy) is 1. The summed E-state index contributed by atoms with van der Waals surface area (Å²) in [6.45, 7) is 2.40. The number of thiophene rings is 1. The Kier molecular flexibility index (Phi) is 4.70. The minimum atomic E-state index is -0.771. The second-order valence-corrected chi connectivity index (χ2v) is 4.99. The summed E-state index contributed by atoms with van der Waals surface area (Å²) in [5.41, 5.74) is 0. The van der Waals surface area contributed by atoms with Gasteiger partial charge in [-0.15, -0.1) is 11.3 Å². The topological polar surface area (TPSA) is 64.3 Å². The second-order valence-electron chi connectivity index (χ2n) is 4.04. The van der Waals surface area contributed by atoms with Crippen LogP contribution in [0.4, 0.5) is 0 Å². The van der Waals surface area contributed by atoms with Crippen LogP contribution in [0, 0.1) is 0 Å². The number of esters is 1. The van der Waals surface area contributed by atoms with Crippen molar-refractivity contribution in [1.82, 2.24) is 9.55 Å². The number of imidazole rings is 1. The largest absolute Gasteiger partial charge is 0.466 e. The quantitative estimate of drug-likeness (QED) is 0.821. The predicted molar refractivity (Wildman–Crippen MR) is 72.8 cm³/mol. The number of hydrogen-bond acceptors (Lipinski definition) is 5. The van der Waals surface area contributed by atoms with Crippen molar-refractivity contribution in [3.63, 3.8) is 0 Å². The molecule has 2 rings (SSSR count). The van der Waals surface area contributed by atoms with Gasteiger partial charge in [0.2, 0.25) is 0 Å². The van der Waals surface area contributed by atoms with E-state index in [0.717, 1.165) is 10.7 Å². The number of carbonyl (C=O) groups is 1. The van der Waals surface area contributed by atoms with Gasteiger partial charge in [-0.25, -0.2) is 4.98 Å². The average Bonchev–Trinajstić information content (AvgIpc) is 2.98. The molecule has 2 aromatic heterocycles. The number of carbonyl (C=O) groups excluding carboxylic acids is 1. The van der Waals surface area contributed by atoms with E-state index in [1.165, 1.54) is 0 Å². The molecular formula is C13H16N2O3S. The Morgan fingerprint density at radius 3 is 3.16 bits per heavy atom. The van der Waals surface area contributed by atoms with Gasteiger partial charge in [0, 0.05) is 12.4 Å². The lowest BCUT2D eigenvalue weighted by Crippen LogP contribution is -2.21. The van der Waals surface area contributed by atoms with Crippen LogP contribution in [-0.4, -0.2) is 33.3 Å². The first kappa shape index (κ1) is 13.8. The van der Waals surface area contributed by atoms with Crippen LogP contribution < -0.4 is 0 Å². The molecule has 2 aromatic rings. The molecule has 0 fully saturated rings. The van der Waals surface area contributed by atoms with Crippen molar-refractivity contribution in [3.05, 3.63) is 29.9 Å². The van der Waals surface area contributed by atoms with Gasteiger partial charge in [0.15, 0.2) is 0 Å². The highest BCUT2D eigenvalue weighted by molar-refractivity contribution is 7.13. The van der Waals surface area contributed by atoms with Crippen molar-refractivity contribution in [3.8, 4) is 10.7 Å². The fraction of sp³-hybridized carbons (Fsp3) is 0.385. The summed E-state index contributed by atoms with van der Waals surface area (Å²) in [4.78, 5) is 16.6. The molecule has 0 bridgehead atoms. The average molecular weight is 280 g/mol. The van der Waals surface area contributed by atoms with Gasteiger partial charge in [0.05, 0.1) is 30.6 Å². The molecule has 0 spiro atoms. The second kappa shape index (κ2) is 6.49. The van der Waals surface area contributed by atoms with Crippen LogP contribution in [-0.2, 0) is 16.1 Å². The maximum Gasteiger partial charge on any atom is 0.308 e. The Bertz CT molecular complexity index is 522. The third kappa shape index (κ3) is 3.65. The van der Waals surface area contributed by atoms with Gasteiger partial charge < -0.3 is 14.4 Å². The third-order valence-corrected chi connectivity index (χ3v) is 3.44. The molecule has 0 saturated heterocycles. The molecule has 0 saturated carbocycles. The summed E-state index contributed by atoms with van der Waals surface area (Å²) < 4.78 is 6.66. The summed E-state index contributed by atoms with van der Waals surface area (Å²) in [5, 5.41) is 11.9. The standard InChI is InChI=1S/C13H16N2O3S/c1-2-18-12(17)8-10(16)9-15-6-5-14-13(15)11-4-3-7-19-11/h3-7,10,16H,2,8-9H2,1H3. The van der Waals surface area contributed by atoms with Crippen molar-refractivity contribution >= 4 is 17.3 Å². The molecule has 0 aliphatic carbocycles. The van der Waals surface area contributed by atoms with Gasteiger partial charge in [-0.2, -0.15) is 0 Å². The Morgan fingerprint density at radius 1 is 1.63 bits per heavy atom. The zero-order chi connectivity index (χ0) is 13.7. The highest BCUT2D eigenvalue weighted by Crippen LogP contribution is 2.23. The minimum absolute atomic E-state index is 0.00407. The van der Waals surface area contributed by atoms with Gasteiger partial charge in [-0.05, 0) is 18.4 Å². The molecule has 19 heavy (non-hydrogen) atoms. The van der Waals surface area contributed by atoms with E-state index >= 15 is 0 Å². The van der Waals surface area contributed by atoms with Crippen molar-refractivity contribution in [2.45, 2.75) is 26.0 Å². The number of nitrogens with zero attached hydrogens (tertiary/aromatic N) is 2. The number of rotatable bonds is 6. The number of aromatic nitrogens is 2.